The molecule has 0 spiro atoms. The van der Waals surface area contributed by atoms with Gasteiger partial charge in [-0.15, -0.1) is 0 Å². The average molecular weight is 271 g/mol. The molecule has 1 aliphatic rings. The van der Waals surface area contributed by atoms with Crippen LogP contribution in [0.4, 0.5) is 0 Å². The first-order chi connectivity index (χ1) is 6.97. The van der Waals surface area contributed by atoms with E-state index in [0.717, 1.165) is 27.8 Å². The number of hydrogen-bond donors (Lipinski definition) is 1. The summed E-state index contributed by atoms with van der Waals surface area (Å²) >= 11 is 3.49. The number of halogens is 1. The lowest BCUT2D eigenvalue weighted by atomic mass is 9.86. The zero-order chi connectivity index (χ0) is 11.2. The highest BCUT2D eigenvalue weighted by atomic mass is 79.9. The third kappa shape index (κ3) is 1.58. The predicted octanol–water partition coefficient (Wildman–Crippen LogP) is 3.17. The first-order valence-corrected chi connectivity index (χ1v) is 5.81. The van der Waals surface area contributed by atoms with Gasteiger partial charge >= 0.3 is 0 Å². The molecule has 0 fully saturated rings. The van der Waals surface area contributed by atoms with Crippen LogP contribution in [0.25, 0.3) is 0 Å². The topological polar surface area (TPSA) is 29.5 Å². The van der Waals surface area contributed by atoms with E-state index in [-0.39, 0.29) is 11.5 Å². The van der Waals surface area contributed by atoms with Crippen molar-refractivity contribution >= 4 is 15.9 Å². The Hall–Kier alpha value is -0.540. The maximum atomic E-state index is 10.0. The van der Waals surface area contributed by atoms with Crippen LogP contribution >= 0.6 is 15.9 Å². The lowest BCUT2D eigenvalue weighted by molar-refractivity contribution is 0.161. The zero-order valence-electron chi connectivity index (χ0n) is 9.17. The van der Waals surface area contributed by atoms with Gasteiger partial charge in [-0.2, -0.15) is 0 Å². The van der Waals surface area contributed by atoms with Gasteiger partial charge in [0.05, 0.1) is 13.2 Å². The lowest BCUT2D eigenvalue weighted by Crippen LogP contribution is -2.13. The number of rotatable bonds is 1. The molecule has 1 aromatic carbocycles. The van der Waals surface area contributed by atoms with Crippen LogP contribution in [0.1, 0.15) is 37.5 Å². The Morgan fingerprint density at radius 2 is 2.13 bits per heavy atom. The minimum Gasteiger partial charge on any atom is -0.496 e. The third-order valence-corrected chi connectivity index (χ3v) is 3.78. The monoisotopic (exact) mass is 270 g/mol. The molecule has 1 atom stereocenters. The molecule has 0 heterocycles. The van der Waals surface area contributed by atoms with E-state index in [2.05, 4.69) is 29.8 Å². The van der Waals surface area contributed by atoms with Gasteiger partial charge < -0.3 is 9.84 Å². The van der Waals surface area contributed by atoms with Crippen LogP contribution in [-0.4, -0.2) is 12.2 Å². The van der Waals surface area contributed by atoms with Crippen LogP contribution in [0.2, 0.25) is 0 Å². The highest BCUT2D eigenvalue weighted by Gasteiger charge is 2.39. The summed E-state index contributed by atoms with van der Waals surface area (Å²) in [6.45, 7) is 4.27. The summed E-state index contributed by atoms with van der Waals surface area (Å²) in [6.07, 6.45) is 0.362. The van der Waals surface area contributed by atoms with E-state index in [1.165, 1.54) is 0 Å². The number of methoxy groups -OCH3 is 1. The average Bonchev–Trinajstić information content (AvgIpc) is 2.39. The van der Waals surface area contributed by atoms with Gasteiger partial charge in [0, 0.05) is 15.6 Å². The molecule has 0 radical (unpaired) electrons. The third-order valence-electron chi connectivity index (χ3n) is 3.09. The Labute approximate surface area is 98.4 Å². The van der Waals surface area contributed by atoms with Crippen molar-refractivity contribution in [1.29, 1.82) is 0 Å². The summed E-state index contributed by atoms with van der Waals surface area (Å²) in [5.41, 5.74) is 2.09. The predicted molar refractivity (Wildman–Crippen MR) is 63.3 cm³/mol. The Morgan fingerprint density at radius 1 is 1.47 bits per heavy atom. The maximum Gasteiger partial charge on any atom is 0.123 e. The molecule has 82 valence electrons. The van der Waals surface area contributed by atoms with E-state index in [1.807, 2.05) is 12.1 Å². The van der Waals surface area contributed by atoms with Gasteiger partial charge in [0.2, 0.25) is 0 Å². The number of benzene rings is 1. The van der Waals surface area contributed by atoms with Gasteiger partial charge in [0.25, 0.3) is 0 Å². The van der Waals surface area contributed by atoms with E-state index in [4.69, 9.17) is 4.74 Å². The molecule has 0 aromatic heterocycles. The molecule has 0 aliphatic heterocycles. The molecular weight excluding hydrogens is 256 g/mol. The second-order valence-electron chi connectivity index (χ2n) is 4.64. The van der Waals surface area contributed by atoms with Gasteiger partial charge in [-0.05, 0) is 24.0 Å². The first-order valence-electron chi connectivity index (χ1n) is 5.02. The largest absolute Gasteiger partial charge is 0.496 e. The zero-order valence-corrected chi connectivity index (χ0v) is 10.8. The van der Waals surface area contributed by atoms with Gasteiger partial charge in [0.1, 0.15) is 5.75 Å². The Kier molecular flexibility index (Phi) is 2.55. The molecule has 1 aliphatic carbocycles. The summed E-state index contributed by atoms with van der Waals surface area (Å²) in [5.74, 6) is 0.870. The van der Waals surface area contributed by atoms with Crippen LogP contribution in [0.15, 0.2) is 16.6 Å². The summed E-state index contributed by atoms with van der Waals surface area (Å²) in [6, 6.07) is 3.88. The molecule has 1 N–H and O–H groups in total. The quantitative estimate of drug-likeness (QED) is 0.850. The van der Waals surface area contributed by atoms with Crippen molar-refractivity contribution in [2.45, 2.75) is 31.8 Å². The fraction of sp³-hybridized carbons (Fsp3) is 0.500. The summed E-state index contributed by atoms with van der Waals surface area (Å²) in [7, 11) is 1.67. The van der Waals surface area contributed by atoms with Crippen LogP contribution in [0.5, 0.6) is 5.75 Å². The summed E-state index contributed by atoms with van der Waals surface area (Å²) in [5, 5.41) is 10.0. The number of aliphatic hydroxyl groups excluding tert-OH is 1. The molecule has 15 heavy (non-hydrogen) atoms. The van der Waals surface area contributed by atoms with Crippen molar-refractivity contribution < 1.29 is 9.84 Å². The normalized spacial score (nSPS) is 22.6. The van der Waals surface area contributed by atoms with E-state index in [0.29, 0.717) is 0 Å². The highest BCUT2D eigenvalue weighted by Crippen LogP contribution is 2.51. The van der Waals surface area contributed by atoms with Crippen LogP contribution in [-0.2, 0) is 5.41 Å². The van der Waals surface area contributed by atoms with E-state index in [1.54, 1.807) is 7.11 Å². The SMILES string of the molecule is COc1ccc(Br)c2c1C(C)(C)C[C@H]2O. The van der Waals surface area contributed by atoms with Crippen molar-refractivity contribution in [2.75, 3.05) is 7.11 Å². The standard InChI is InChI=1S/C12H15BrO2/c1-12(2)6-8(14)10-7(13)4-5-9(15-3)11(10)12/h4-5,8,14H,6H2,1-3H3/t8-/m1/s1. The van der Waals surface area contributed by atoms with E-state index in [9.17, 15) is 5.11 Å². The van der Waals surface area contributed by atoms with Gasteiger partial charge in [-0.3, -0.25) is 0 Å². The minimum absolute atomic E-state index is 0.0239. The second-order valence-corrected chi connectivity index (χ2v) is 5.50. The molecule has 2 rings (SSSR count). The molecule has 0 saturated carbocycles. The van der Waals surface area contributed by atoms with E-state index < -0.39 is 0 Å². The van der Waals surface area contributed by atoms with E-state index >= 15 is 0 Å². The number of aliphatic hydroxyl groups is 1. The van der Waals surface area contributed by atoms with Crippen molar-refractivity contribution in [2.24, 2.45) is 0 Å². The van der Waals surface area contributed by atoms with Crippen molar-refractivity contribution in [3.63, 3.8) is 0 Å². The molecule has 1 aromatic rings. The Bertz CT molecular complexity index is 399. The highest BCUT2D eigenvalue weighted by molar-refractivity contribution is 9.10. The Balaban J connectivity index is 2.71. The summed E-state index contributed by atoms with van der Waals surface area (Å²) in [4.78, 5) is 0. The molecule has 0 amide bonds. The lowest BCUT2D eigenvalue weighted by Gasteiger charge is -2.21. The molecule has 0 unspecified atom stereocenters. The van der Waals surface area contributed by atoms with Gasteiger partial charge in [-0.25, -0.2) is 0 Å². The number of ether oxygens (including phenoxy) is 1. The molecule has 2 nitrogen and oxygen atoms in total. The van der Waals surface area contributed by atoms with Crippen LogP contribution < -0.4 is 4.74 Å². The maximum absolute atomic E-state index is 10.0. The summed E-state index contributed by atoms with van der Waals surface area (Å²) < 4.78 is 6.33. The molecular formula is C12H15BrO2. The first kappa shape index (κ1) is 11.0. The number of hydrogen-bond acceptors (Lipinski definition) is 2. The van der Waals surface area contributed by atoms with Crippen molar-refractivity contribution in [3.05, 3.63) is 27.7 Å². The molecule has 0 bridgehead atoms. The number of fused-ring (bicyclic) bond motifs is 1. The smallest absolute Gasteiger partial charge is 0.123 e. The van der Waals surface area contributed by atoms with Gasteiger partial charge in [0.15, 0.2) is 0 Å². The van der Waals surface area contributed by atoms with Crippen molar-refractivity contribution in [3.8, 4) is 5.75 Å². The Morgan fingerprint density at radius 3 is 2.73 bits per heavy atom. The fourth-order valence-corrected chi connectivity index (χ4v) is 3.05. The second kappa shape index (κ2) is 3.49. The molecule has 0 saturated heterocycles. The fourth-order valence-electron chi connectivity index (χ4n) is 2.46. The van der Waals surface area contributed by atoms with Crippen LogP contribution in [0, 0.1) is 0 Å². The van der Waals surface area contributed by atoms with Gasteiger partial charge in [-0.1, -0.05) is 29.8 Å². The van der Waals surface area contributed by atoms with Crippen molar-refractivity contribution in [1.82, 2.24) is 0 Å². The van der Waals surface area contributed by atoms with Crippen LogP contribution in [0.3, 0.4) is 0 Å². The minimum atomic E-state index is -0.389. The molecule has 3 heteroatoms.